The highest BCUT2D eigenvalue weighted by atomic mass is 16.3. The van der Waals surface area contributed by atoms with Crippen LogP contribution in [0.15, 0.2) is 24.3 Å². The predicted molar refractivity (Wildman–Crippen MR) is 82.0 cm³/mol. The fourth-order valence-corrected chi connectivity index (χ4v) is 2.01. The van der Waals surface area contributed by atoms with Crippen LogP contribution in [-0.4, -0.2) is 35.7 Å². The molecule has 0 aliphatic carbocycles. The van der Waals surface area contributed by atoms with Crippen LogP contribution in [0.3, 0.4) is 0 Å². The van der Waals surface area contributed by atoms with Gasteiger partial charge in [0.15, 0.2) is 0 Å². The van der Waals surface area contributed by atoms with Crippen molar-refractivity contribution >= 4 is 6.03 Å². The van der Waals surface area contributed by atoms with Gasteiger partial charge in [-0.1, -0.05) is 31.9 Å². The molecule has 0 aromatic heterocycles. The van der Waals surface area contributed by atoms with Gasteiger partial charge in [0, 0.05) is 19.6 Å². The van der Waals surface area contributed by atoms with E-state index in [-0.39, 0.29) is 17.8 Å². The van der Waals surface area contributed by atoms with Crippen LogP contribution in [0.2, 0.25) is 0 Å². The summed E-state index contributed by atoms with van der Waals surface area (Å²) in [5.74, 6) is 0.267. The van der Waals surface area contributed by atoms with Gasteiger partial charge >= 0.3 is 6.03 Å². The first-order chi connectivity index (χ1) is 9.54. The first-order valence-electron chi connectivity index (χ1n) is 7.33. The number of phenolic OH excluding ortho intramolecular Hbond substituents is 1. The quantitative estimate of drug-likeness (QED) is 0.753. The Balaban J connectivity index is 2.39. The molecule has 2 N–H and O–H groups in total. The second kappa shape index (κ2) is 8.46. The number of amides is 2. The number of nitrogens with zero attached hydrogens (tertiary/aromatic N) is 1. The van der Waals surface area contributed by atoms with Crippen molar-refractivity contribution in [3.8, 4) is 5.75 Å². The lowest BCUT2D eigenvalue weighted by Crippen LogP contribution is -2.43. The molecule has 4 heteroatoms. The highest BCUT2D eigenvalue weighted by Crippen LogP contribution is 2.13. The van der Waals surface area contributed by atoms with E-state index < -0.39 is 0 Å². The van der Waals surface area contributed by atoms with Gasteiger partial charge in [0.2, 0.25) is 0 Å². The second-order valence-electron chi connectivity index (χ2n) is 5.27. The Bertz CT molecular complexity index is 403. The van der Waals surface area contributed by atoms with Crippen LogP contribution in [-0.2, 0) is 6.42 Å². The fourth-order valence-electron chi connectivity index (χ4n) is 2.01. The Kier molecular flexibility index (Phi) is 6.91. The Hall–Kier alpha value is -1.71. The Morgan fingerprint density at radius 3 is 2.55 bits per heavy atom. The molecule has 20 heavy (non-hydrogen) atoms. The minimum atomic E-state index is -0.0209. The number of likely N-dealkylation sites (N-methyl/N-ethyl adjacent to an activating group) is 1. The van der Waals surface area contributed by atoms with Gasteiger partial charge in [-0.15, -0.1) is 0 Å². The van der Waals surface area contributed by atoms with E-state index in [4.69, 9.17) is 0 Å². The molecule has 2 amide bonds. The summed E-state index contributed by atoms with van der Waals surface area (Å²) >= 11 is 0. The van der Waals surface area contributed by atoms with Gasteiger partial charge in [-0.25, -0.2) is 4.79 Å². The van der Waals surface area contributed by atoms with Crippen molar-refractivity contribution in [2.75, 3.05) is 13.6 Å². The summed E-state index contributed by atoms with van der Waals surface area (Å²) in [6.07, 6.45) is 4.11. The van der Waals surface area contributed by atoms with Crippen LogP contribution < -0.4 is 5.32 Å². The number of carbonyl (C=O) groups excluding carboxylic acids is 1. The zero-order chi connectivity index (χ0) is 15.0. The van der Waals surface area contributed by atoms with E-state index in [9.17, 15) is 9.90 Å². The number of aromatic hydroxyl groups is 1. The number of nitrogens with one attached hydrogen (secondary N) is 1. The summed E-state index contributed by atoms with van der Waals surface area (Å²) in [5.41, 5.74) is 1.11. The Morgan fingerprint density at radius 1 is 1.30 bits per heavy atom. The van der Waals surface area contributed by atoms with Crippen molar-refractivity contribution in [2.24, 2.45) is 0 Å². The first kappa shape index (κ1) is 16.3. The molecule has 0 aliphatic heterocycles. The summed E-state index contributed by atoms with van der Waals surface area (Å²) in [7, 11) is 1.82. The van der Waals surface area contributed by atoms with E-state index in [1.807, 2.05) is 26.1 Å². The van der Waals surface area contributed by atoms with Crippen LogP contribution in [0, 0.1) is 0 Å². The summed E-state index contributed by atoms with van der Waals surface area (Å²) < 4.78 is 0. The molecule has 112 valence electrons. The molecule has 1 unspecified atom stereocenters. The van der Waals surface area contributed by atoms with Crippen LogP contribution >= 0.6 is 0 Å². The maximum absolute atomic E-state index is 12.0. The van der Waals surface area contributed by atoms with Gasteiger partial charge in [-0.2, -0.15) is 0 Å². The molecule has 1 atom stereocenters. The first-order valence-corrected chi connectivity index (χ1v) is 7.33. The molecule has 0 heterocycles. The molecule has 0 fully saturated rings. The summed E-state index contributed by atoms with van der Waals surface area (Å²) in [6.45, 7) is 4.91. The maximum atomic E-state index is 12.0. The third-order valence-corrected chi connectivity index (χ3v) is 3.51. The number of hydrogen-bond donors (Lipinski definition) is 2. The molecular formula is C16H26N2O2. The van der Waals surface area contributed by atoms with Gasteiger partial charge in [-0.3, -0.25) is 0 Å². The Morgan fingerprint density at radius 2 is 1.95 bits per heavy atom. The zero-order valence-electron chi connectivity index (χ0n) is 12.7. The van der Waals surface area contributed by atoms with Gasteiger partial charge in [-0.05, 0) is 37.5 Å². The number of rotatable bonds is 7. The summed E-state index contributed by atoms with van der Waals surface area (Å²) in [6, 6.07) is 7.22. The van der Waals surface area contributed by atoms with E-state index in [2.05, 4.69) is 12.2 Å². The standard InChI is InChI=1S/C16H26N2O2/c1-4-5-6-11-17-16(20)18(3)13(2)12-14-7-9-15(19)10-8-14/h7-10,13,19H,4-6,11-12H2,1-3H3,(H,17,20). The maximum Gasteiger partial charge on any atom is 0.317 e. The second-order valence-corrected chi connectivity index (χ2v) is 5.27. The average molecular weight is 278 g/mol. The lowest BCUT2D eigenvalue weighted by Gasteiger charge is -2.25. The fraction of sp³-hybridized carbons (Fsp3) is 0.562. The zero-order valence-corrected chi connectivity index (χ0v) is 12.7. The van der Waals surface area contributed by atoms with Crippen LogP contribution in [0.5, 0.6) is 5.75 Å². The summed E-state index contributed by atoms with van der Waals surface area (Å²) in [5, 5.41) is 12.2. The van der Waals surface area contributed by atoms with E-state index in [1.165, 1.54) is 0 Å². The Labute approximate surface area is 121 Å². The minimum absolute atomic E-state index is 0.0209. The van der Waals surface area contributed by atoms with Crippen LogP contribution in [0.1, 0.15) is 38.7 Å². The number of urea groups is 1. The normalized spacial score (nSPS) is 11.9. The molecule has 0 radical (unpaired) electrons. The molecule has 0 bridgehead atoms. The summed E-state index contributed by atoms with van der Waals surface area (Å²) in [4.78, 5) is 13.7. The number of benzene rings is 1. The largest absolute Gasteiger partial charge is 0.508 e. The number of carbonyl (C=O) groups is 1. The van der Waals surface area contributed by atoms with Crippen LogP contribution in [0.25, 0.3) is 0 Å². The molecular weight excluding hydrogens is 252 g/mol. The molecule has 0 saturated carbocycles. The van der Waals surface area contributed by atoms with Gasteiger partial charge in [0.1, 0.15) is 5.75 Å². The molecule has 1 rings (SSSR count). The molecule has 1 aromatic carbocycles. The molecule has 0 aliphatic rings. The van der Waals surface area contributed by atoms with Crippen molar-refractivity contribution < 1.29 is 9.90 Å². The lowest BCUT2D eigenvalue weighted by atomic mass is 10.1. The molecule has 0 spiro atoms. The highest BCUT2D eigenvalue weighted by Gasteiger charge is 2.15. The lowest BCUT2D eigenvalue weighted by molar-refractivity contribution is 0.193. The topological polar surface area (TPSA) is 52.6 Å². The van der Waals surface area contributed by atoms with Crippen molar-refractivity contribution in [3.05, 3.63) is 29.8 Å². The smallest absolute Gasteiger partial charge is 0.317 e. The SMILES string of the molecule is CCCCCNC(=O)N(C)C(C)Cc1ccc(O)cc1. The third-order valence-electron chi connectivity index (χ3n) is 3.51. The van der Waals surface area contributed by atoms with E-state index in [0.717, 1.165) is 37.8 Å². The van der Waals surface area contributed by atoms with Crippen molar-refractivity contribution in [1.29, 1.82) is 0 Å². The van der Waals surface area contributed by atoms with Crippen molar-refractivity contribution in [3.63, 3.8) is 0 Å². The van der Waals surface area contributed by atoms with E-state index in [0.29, 0.717) is 0 Å². The van der Waals surface area contributed by atoms with Gasteiger partial charge in [0.05, 0.1) is 0 Å². The average Bonchev–Trinajstić information content (AvgIpc) is 2.45. The molecule has 0 saturated heterocycles. The number of unbranched alkanes of at least 4 members (excludes halogenated alkanes) is 2. The predicted octanol–water partition coefficient (Wildman–Crippen LogP) is 3.15. The third kappa shape index (κ3) is 5.51. The van der Waals surface area contributed by atoms with E-state index in [1.54, 1.807) is 17.0 Å². The van der Waals surface area contributed by atoms with Crippen LogP contribution in [0.4, 0.5) is 4.79 Å². The van der Waals surface area contributed by atoms with Crippen molar-refractivity contribution in [2.45, 2.75) is 45.6 Å². The minimum Gasteiger partial charge on any atom is -0.508 e. The monoisotopic (exact) mass is 278 g/mol. The van der Waals surface area contributed by atoms with Crippen molar-refractivity contribution in [1.82, 2.24) is 10.2 Å². The van der Waals surface area contributed by atoms with Gasteiger partial charge < -0.3 is 15.3 Å². The number of hydrogen-bond acceptors (Lipinski definition) is 2. The number of phenols is 1. The van der Waals surface area contributed by atoms with Gasteiger partial charge in [0.25, 0.3) is 0 Å². The van der Waals surface area contributed by atoms with E-state index >= 15 is 0 Å². The molecule has 1 aromatic rings. The highest BCUT2D eigenvalue weighted by molar-refractivity contribution is 5.74. The molecule has 4 nitrogen and oxygen atoms in total.